The molecule has 0 radical (unpaired) electrons. The van der Waals surface area contributed by atoms with Gasteiger partial charge in [-0.2, -0.15) is 0 Å². The van der Waals surface area contributed by atoms with E-state index in [1.807, 2.05) is 6.92 Å². The maximum Gasteiger partial charge on any atom is 0.333 e. The van der Waals surface area contributed by atoms with Gasteiger partial charge in [-0.05, 0) is 13.3 Å². The minimum absolute atomic E-state index is 0.0436. The molecule has 1 unspecified atom stereocenters. The van der Waals surface area contributed by atoms with Gasteiger partial charge in [0.1, 0.15) is 6.10 Å². The Morgan fingerprint density at radius 2 is 2.25 bits per heavy atom. The Morgan fingerprint density at radius 3 is 2.58 bits per heavy atom. The Hall–Kier alpha value is -0.830. The molecule has 0 fully saturated rings. The van der Waals surface area contributed by atoms with Crippen LogP contribution in [0.15, 0.2) is 12.2 Å². The van der Waals surface area contributed by atoms with Crippen LogP contribution in [0.5, 0.6) is 0 Å². The third kappa shape index (κ3) is 4.13. The molecule has 70 valence electrons. The molecule has 0 aliphatic heterocycles. The molecular weight excluding hydrogens is 156 g/mol. The van der Waals surface area contributed by atoms with Crippen molar-refractivity contribution >= 4 is 5.97 Å². The molecule has 0 saturated carbocycles. The quantitative estimate of drug-likeness (QED) is 0.501. The van der Waals surface area contributed by atoms with E-state index in [0.717, 1.165) is 6.42 Å². The number of carbonyl (C=O) groups is 1. The Morgan fingerprint density at radius 1 is 1.67 bits per heavy atom. The summed E-state index contributed by atoms with van der Waals surface area (Å²) < 4.78 is 5.00. The fraction of sp³-hybridized carbons (Fsp3) is 0.667. The zero-order chi connectivity index (χ0) is 9.56. The molecule has 3 nitrogen and oxygen atoms in total. The molecular formula is C9H16O3. The van der Waals surface area contributed by atoms with E-state index < -0.39 is 0 Å². The van der Waals surface area contributed by atoms with Crippen molar-refractivity contribution in [2.24, 2.45) is 0 Å². The van der Waals surface area contributed by atoms with Crippen LogP contribution in [0.1, 0.15) is 26.7 Å². The van der Waals surface area contributed by atoms with Gasteiger partial charge >= 0.3 is 5.97 Å². The van der Waals surface area contributed by atoms with Crippen LogP contribution in [0.2, 0.25) is 0 Å². The van der Waals surface area contributed by atoms with E-state index in [-0.39, 0.29) is 18.7 Å². The van der Waals surface area contributed by atoms with E-state index in [9.17, 15) is 4.79 Å². The second-order valence-corrected chi connectivity index (χ2v) is 2.73. The first-order valence-corrected chi connectivity index (χ1v) is 4.09. The zero-order valence-electron chi connectivity index (χ0n) is 7.67. The van der Waals surface area contributed by atoms with Crippen LogP contribution in [-0.2, 0) is 9.53 Å². The Labute approximate surface area is 73.0 Å². The Balaban J connectivity index is 3.85. The molecule has 0 aromatic heterocycles. The molecule has 12 heavy (non-hydrogen) atoms. The number of ether oxygens (including phenoxy) is 1. The van der Waals surface area contributed by atoms with E-state index >= 15 is 0 Å². The lowest BCUT2D eigenvalue weighted by Gasteiger charge is -2.14. The Bertz CT molecular complexity index is 163. The summed E-state index contributed by atoms with van der Waals surface area (Å²) in [6, 6.07) is 0. The van der Waals surface area contributed by atoms with Crippen molar-refractivity contribution in [1.29, 1.82) is 0 Å². The lowest BCUT2D eigenvalue weighted by molar-refractivity contribution is -0.145. The van der Waals surface area contributed by atoms with E-state index in [2.05, 4.69) is 6.58 Å². The highest BCUT2D eigenvalue weighted by molar-refractivity contribution is 5.87. The van der Waals surface area contributed by atoms with Gasteiger partial charge in [-0.3, -0.25) is 0 Å². The maximum absolute atomic E-state index is 11.0. The summed E-state index contributed by atoms with van der Waals surface area (Å²) in [6.07, 6.45) is 1.04. The van der Waals surface area contributed by atoms with Crippen LogP contribution >= 0.6 is 0 Å². The number of rotatable bonds is 5. The first-order chi connectivity index (χ1) is 5.61. The third-order valence-corrected chi connectivity index (χ3v) is 1.53. The summed E-state index contributed by atoms with van der Waals surface area (Å²) in [7, 11) is 0. The molecule has 0 saturated heterocycles. The minimum atomic E-state index is -0.379. The highest BCUT2D eigenvalue weighted by atomic mass is 16.5. The number of aliphatic hydroxyl groups excluding tert-OH is 1. The summed E-state index contributed by atoms with van der Waals surface area (Å²) in [5.74, 6) is -0.379. The van der Waals surface area contributed by atoms with E-state index in [1.165, 1.54) is 0 Å². The SMILES string of the molecule is C=C(C)C(=O)OC(CC)CCO. The maximum atomic E-state index is 11.0. The van der Waals surface area contributed by atoms with Crippen molar-refractivity contribution in [1.82, 2.24) is 0 Å². The van der Waals surface area contributed by atoms with Gasteiger partial charge in [-0.25, -0.2) is 4.79 Å². The molecule has 0 aliphatic rings. The molecule has 0 aliphatic carbocycles. The first kappa shape index (κ1) is 11.2. The standard InChI is InChI=1S/C9H16O3/c1-4-8(5-6-10)12-9(11)7(2)3/h8,10H,2,4-6H2,1,3H3. The molecule has 0 aromatic rings. The molecule has 0 aromatic carbocycles. The van der Waals surface area contributed by atoms with Crippen LogP contribution in [0.4, 0.5) is 0 Å². The highest BCUT2D eigenvalue weighted by Gasteiger charge is 2.11. The van der Waals surface area contributed by atoms with E-state index in [4.69, 9.17) is 9.84 Å². The molecule has 1 N–H and O–H groups in total. The molecule has 0 rings (SSSR count). The monoisotopic (exact) mass is 172 g/mol. The van der Waals surface area contributed by atoms with Gasteiger partial charge in [0.25, 0.3) is 0 Å². The lowest BCUT2D eigenvalue weighted by Crippen LogP contribution is -2.18. The molecule has 3 heteroatoms. The fourth-order valence-corrected chi connectivity index (χ4v) is 0.742. The van der Waals surface area contributed by atoms with Crippen LogP contribution in [0.3, 0.4) is 0 Å². The van der Waals surface area contributed by atoms with Crippen LogP contribution < -0.4 is 0 Å². The predicted octanol–water partition coefficient (Wildman–Crippen LogP) is 1.27. The van der Waals surface area contributed by atoms with Gasteiger partial charge in [0.15, 0.2) is 0 Å². The van der Waals surface area contributed by atoms with Gasteiger partial charge in [0, 0.05) is 18.6 Å². The number of hydrogen-bond acceptors (Lipinski definition) is 3. The van der Waals surface area contributed by atoms with Crippen LogP contribution in [0.25, 0.3) is 0 Å². The number of hydrogen-bond donors (Lipinski definition) is 1. The summed E-state index contributed by atoms with van der Waals surface area (Å²) in [6.45, 7) is 7.02. The zero-order valence-corrected chi connectivity index (χ0v) is 7.67. The highest BCUT2D eigenvalue weighted by Crippen LogP contribution is 2.05. The van der Waals surface area contributed by atoms with Gasteiger partial charge in [-0.15, -0.1) is 0 Å². The summed E-state index contributed by atoms with van der Waals surface area (Å²) in [5.41, 5.74) is 0.395. The van der Waals surface area contributed by atoms with Crippen molar-refractivity contribution in [3.05, 3.63) is 12.2 Å². The van der Waals surface area contributed by atoms with Crippen LogP contribution in [0, 0.1) is 0 Å². The fourth-order valence-electron chi connectivity index (χ4n) is 0.742. The molecule has 1 atom stereocenters. The minimum Gasteiger partial charge on any atom is -0.459 e. The van der Waals surface area contributed by atoms with Crippen LogP contribution in [-0.4, -0.2) is 23.8 Å². The number of esters is 1. The van der Waals surface area contributed by atoms with Crippen molar-refractivity contribution < 1.29 is 14.6 Å². The van der Waals surface area contributed by atoms with E-state index in [0.29, 0.717) is 12.0 Å². The van der Waals surface area contributed by atoms with Crippen molar-refractivity contribution in [3.8, 4) is 0 Å². The second-order valence-electron chi connectivity index (χ2n) is 2.73. The van der Waals surface area contributed by atoms with Gasteiger partial charge in [0.05, 0.1) is 0 Å². The molecule has 0 bridgehead atoms. The van der Waals surface area contributed by atoms with Crippen molar-refractivity contribution in [2.45, 2.75) is 32.8 Å². The molecule has 0 amide bonds. The average Bonchev–Trinajstić information content (AvgIpc) is 2.03. The average molecular weight is 172 g/mol. The normalized spacial score (nSPS) is 12.2. The summed E-state index contributed by atoms with van der Waals surface area (Å²) in [4.78, 5) is 11.0. The predicted molar refractivity (Wildman–Crippen MR) is 46.7 cm³/mol. The molecule has 0 spiro atoms. The second kappa shape index (κ2) is 5.77. The first-order valence-electron chi connectivity index (χ1n) is 4.09. The van der Waals surface area contributed by atoms with Gasteiger partial charge in [-0.1, -0.05) is 13.5 Å². The van der Waals surface area contributed by atoms with Gasteiger partial charge in [0.2, 0.25) is 0 Å². The van der Waals surface area contributed by atoms with Crippen molar-refractivity contribution in [3.63, 3.8) is 0 Å². The summed E-state index contributed by atoms with van der Waals surface area (Å²) >= 11 is 0. The topological polar surface area (TPSA) is 46.5 Å². The van der Waals surface area contributed by atoms with Gasteiger partial charge < -0.3 is 9.84 Å². The summed E-state index contributed by atoms with van der Waals surface area (Å²) in [5, 5.41) is 8.61. The lowest BCUT2D eigenvalue weighted by atomic mass is 10.2. The van der Waals surface area contributed by atoms with E-state index in [1.54, 1.807) is 6.92 Å². The Kier molecular flexibility index (Phi) is 5.37. The largest absolute Gasteiger partial charge is 0.459 e. The number of aliphatic hydroxyl groups is 1. The van der Waals surface area contributed by atoms with Crippen molar-refractivity contribution in [2.75, 3.05) is 6.61 Å². The third-order valence-electron chi connectivity index (χ3n) is 1.53. The number of carbonyl (C=O) groups excluding carboxylic acids is 1. The molecule has 0 heterocycles. The smallest absolute Gasteiger partial charge is 0.333 e.